The van der Waals surface area contributed by atoms with E-state index >= 15 is 0 Å². The highest BCUT2D eigenvalue weighted by Gasteiger charge is 2.10. The summed E-state index contributed by atoms with van der Waals surface area (Å²) in [4.78, 5) is 4.97. The van der Waals surface area contributed by atoms with Crippen molar-refractivity contribution in [3.63, 3.8) is 0 Å². The van der Waals surface area contributed by atoms with Crippen LogP contribution in [0.4, 0.5) is 0 Å². The predicted octanol–water partition coefficient (Wildman–Crippen LogP) is 4.15. The highest BCUT2D eigenvalue weighted by atomic mass is 16.3. The second-order valence-electron chi connectivity index (χ2n) is 6.51. The number of unbranched alkanes of at least 4 members (excludes halogenated alkanes) is 5. The quantitative estimate of drug-likeness (QED) is 0.434. The van der Waals surface area contributed by atoms with Gasteiger partial charge < -0.3 is 14.9 Å². The van der Waals surface area contributed by atoms with Crippen LogP contribution in [-0.4, -0.2) is 60.3 Å². The topological polar surface area (TPSA) is 26.7 Å². The third-order valence-electron chi connectivity index (χ3n) is 4.61. The standard InChI is InChI=1S/C19H42N2O/c1-5-9-10-11-12-13-15-21(18-19(22)6-2)17-14-16-20(7-3)8-4/h19,22H,5-18H2,1-4H3. The lowest BCUT2D eigenvalue weighted by molar-refractivity contribution is 0.105. The number of nitrogens with zero attached hydrogens (tertiary/aromatic N) is 2. The van der Waals surface area contributed by atoms with Gasteiger partial charge in [0.25, 0.3) is 0 Å². The zero-order valence-corrected chi connectivity index (χ0v) is 15.8. The Bertz CT molecular complexity index is 219. The van der Waals surface area contributed by atoms with E-state index in [-0.39, 0.29) is 6.10 Å². The van der Waals surface area contributed by atoms with E-state index in [1.165, 1.54) is 51.5 Å². The maximum Gasteiger partial charge on any atom is 0.0664 e. The molecule has 0 amide bonds. The lowest BCUT2D eigenvalue weighted by atomic mass is 10.1. The van der Waals surface area contributed by atoms with Crippen molar-refractivity contribution in [3.8, 4) is 0 Å². The van der Waals surface area contributed by atoms with Gasteiger partial charge in [-0.25, -0.2) is 0 Å². The van der Waals surface area contributed by atoms with Crippen molar-refractivity contribution < 1.29 is 5.11 Å². The molecule has 0 bridgehead atoms. The molecule has 0 heterocycles. The van der Waals surface area contributed by atoms with Crippen molar-refractivity contribution in [2.45, 2.75) is 85.2 Å². The van der Waals surface area contributed by atoms with Crippen LogP contribution in [0.1, 0.15) is 79.1 Å². The third kappa shape index (κ3) is 12.4. The Morgan fingerprint density at radius 1 is 0.682 bits per heavy atom. The minimum atomic E-state index is -0.159. The summed E-state index contributed by atoms with van der Waals surface area (Å²) in [5, 5.41) is 9.95. The van der Waals surface area contributed by atoms with Crippen molar-refractivity contribution in [1.82, 2.24) is 9.80 Å². The first-order chi connectivity index (χ1) is 10.7. The molecule has 0 fully saturated rings. The molecule has 0 aliphatic carbocycles. The number of rotatable bonds is 16. The SMILES string of the molecule is CCCCCCCCN(CCCN(CC)CC)CC(O)CC. The van der Waals surface area contributed by atoms with E-state index in [1.807, 2.05) is 0 Å². The summed E-state index contributed by atoms with van der Waals surface area (Å²) in [5.74, 6) is 0. The lowest BCUT2D eigenvalue weighted by Crippen LogP contribution is -2.35. The highest BCUT2D eigenvalue weighted by Crippen LogP contribution is 2.07. The first-order valence-electron chi connectivity index (χ1n) is 9.80. The molecule has 134 valence electrons. The van der Waals surface area contributed by atoms with E-state index in [2.05, 4.69) is 37.5 Å². The summed E-state index contributed by atoms with van der Waals surface area (Å²) >= 11 is 0. The Morgan fingerprint density at radius 3 is 1.82 bits per heavy atom. The van der Waals surface area contributed by atoms with Crippen LogP contribution in [0.15, 0.2) is 0 Å². The van der Waals surface area contributed by atoms with Crippen LogP contribution in [0.5, 0.6) is 0 Å². The van der Waals surface area contributed by atoms with E-state index in [9.17, 15) is 5.11 Å². The lowest BCUT2D eigenvalue weighted by Gasteiger charge is -2.26. The Labute approximate surface area is 140 Å². The van der Waals surface area contributed by atoms with Crippen molar-refractivity contribution in [2.75, 3.05) is 39.3 Å². The summed E-state index contributed by atoms with van der Waals surface area (Å²) in [6.45, 7) is 15.4. The highest BCUT2D eigenvalue weighted by molar-refractivity contribution is 4.65. The Morgan fingerprint density at radius 2 is 1.23 bits per heavy atom. The molecule has 3 nitrogen and oxygen atoms in total. The van der Waals surface area contributed by atoms with Gasteiger partial charge in [0.15, 0.2) is 0 Å². The van der Waals surface area contributed by atoms with Crippen LogP contribution in [0.25, 0.3) is 0 Å². The summed E-state index contributed by atoms with van der Waals surface area (Å²) in [6.07, 6.45) is 10.0. The monoisotopic (exact) mass is 314 g/mol. The van der Waals surface area contributed by atoms with Crippen LogP contribution in [-0.2, 0) is 0 Å². The molecule has 0 aliphatic heterocycles. The Balaban J connectivity index is 3.93. The summed E-state index contributed by atoms with van der Waals surface area (Å²) < 4.78 is 0. The van der Waals surface area contributed by atoms with Crippen molar-refractivity contribution in [3.05, 3.63) is 0 Å². The van der Waals surface area contributed by atoms with E-state index in [0.29, 0.717) is 0 Å². The molecule has 1 atom stereocenters. The Kier molecular flexibility index (Phi) is 15.7. The largest absolute Gasteiger partial charge is 0.392 e. The summed E-state index contributed by atoms with van der Waals surface area (Å²) in [7, 11) is 0. The van der Waals surface area contributed by atoms with Crippen molar-refractivity contribution in [1.29, 1.82) is 0 Å². The zero-order chi connectivity index (χ0) is 16.6. The molecule has 0 saturated heterocycles. The molecular weight excluding hydrogens is 272 g/mol. The average molecular weight is 315 g/mol. The normalized spacial score (nSPS) is 13.2. The number of aliphatic hydroxyl groups excluding tert-OH is 1. The van der Waals surface area contributed by atoms with Gasteiger partial charge in [0, 0.05) is 6.54 Å². The number of aliphatic hydroxyl groups is 1. The maximum atomic E-state index is 9.95. The van der Waals surface area contributed by atoms with Crippen LogP contribution < -0.4 is 0 Å². The molecule has 0 aromatic rings. The molecule has 22 heavy (non-hydrogen) atoms. The average Bonchev–Trinajstić information content (AvgIpc) is 2.54. The van der Waals surface area contributed by atoms with Gasteiger partial charge in [-0.3, -0.25) is 0 Å². The van der Waals surface area contributed by atoms with Gasteiger partial charge in [-0.1, -0.05) is 59.8 Å². The molecule has 0 aliphatic rings. The predicted molar refractivity (Wildman–Crippen MR) is 98.5 cm³/mol. The molecule has 0 spiro atoms. The van der Waals surface area contributed by atoms with Crippen molar-refractivity contribution >= 4 is 0 Å². The molecule has 1 unspecified atom stereocenters. The minimum absolute atomic E-state index is 0.159. The molecule has 0 aromatic heterocycles. The van der Waals surface area contributed by atoms with E-state index in [4.69, 9.17) is 0 Å². The van der Waals surface area contributed by atoms with Crippen molar-refractivity contribution in [2.24, 2.45) is 0 Å². The Hall–Kier alpha value is -0.120. The molecule has 0 saturated carbocycles. The van der Waals surface area contributed by atoms with Gasteiger partial charge in [0.2, 0.25) is 0 Å². The second-order valence-corrected chi connectivity index (χ2v) is 6.51. The maximum absolute atomic E-state index is 9.95. The van der Waals surface area contributed by atoms with Gasteiger partial charge in [0.1, 0.15) is 0 Å². The molecule has 1 N–H and O–H groups in total. The summed E-state index contributed by atoms with van der Waals surface area (Å²) in [6, 6.07) is 0. The number of hydrogen-bond acceptors (Lipinski definition) is 3. The second kappa shape index (κ2) is 15.8. The van der Waals surface area contributed by atoms with Gasteiger partial charge in [0.05, 0.1) is 6.10 Å². The molecule has 3 heteroatoms. The fraction of sp³-hybridized carbons (Fsp3) is 1.00. The fourth-order valence-electron chi connectivity index (χ4n) is 2.90. The van der Waals surface area contributed by atoms with Gasteiger partial charge in [-0.2, -0.15) is 0 Å². The first-order valence-corrected chi connectivity index (χ1v) is 9.80. The minimum Gasteiger partial charge on any atom is -0.392 e. The molecule has 0 radical (unpaired) electrons. The van der Waals surface area contributed by atoms with Crippen LogP contribution >= 0.6 is 0 Å². The van der Waals surface area contributed by atoms with Gasteiger partial charge in [-0.05, 0) is 52.0 Å². The van der Waals surface area contributed by atoms with Crippen LogP contribution in [0, 0.1) is 0 Å². The summed E-state index contributed by atoms with van der Waals surface area (Å²) in [5.41, 5.74) is 0. The van der Waals surface area contributed by atoms with E-state index in [0.717, 1.165) is 39.1 Å². The van der Waals surface area contributed by atoms with E-state index < -0.39 is 0 Å². The molecule has 0 aromatic carbocycles. The van der Waals surface area contributed by atoms with Gasteiger partial charge in [-0.15, -0.1) is 0 Å². The fourth-order valence-corrected chi connectivity index (χ4v) is 2.90. The van der Waals surface area contributed by atoms with E-state index in [1.54, 1.807) is 0 Å². The zero-order valence-electron chi connectivity index (χ0n) is 15.8. The first kappa shape index (κ1) is 21.9. The number of hydrogen-bond donors (Lipinski definition) is 1. The smallest absolute Gasteiger partial charge is 0.0664 e. The third-order valence-corrected chi connectivity index (χ3v) is 4.61. The van der Waals surface area contributed by atoms with Crippen LogP contribution in [0.3, 0.4) is 0 Å². The van der Waals surface area contributed by atoms with Gasteiger partial charge >= 0.3 is 0 Å². The molecular formula is C19H42N2O. The molecule has 0 rings (SSSR count). The van der Waals surface area contributed by atoms with Crippen LogP contribution in [0.2, 0.25) is 0 Å².